The number of benzene rings is 3. The number of carbonyl (C=O) groups is 1. The van der Waals surface area contributed by atoms with Crippen LogP contribution in [0, 0.1) is 0 Å². The average molecular weight is 445 g/mol. The maximum absolute atomic E-state index is 12.9. The van der Waals surface area contributed by atoms with E-state index in [1.165, 1.54) is 0 Å². The summed E-state index contributed by atoms with van der Waals surface area (Å²) in [6.45, 7) is 1.28. The smallest absolute Gasteiger partial charge is 0.244 e. The molecule has 1 aliphatic rings. The summed E-state index contributed by atoms with van der Waals surface area (Å²) in [5.41, 5.74) is 2.29. The predicted molar refractivity (Wildman–Crippen MR) is 123 cm³/mol. The summed E-state index contributed by atoms with van der Waals surface area (Å²) in [4.78, 5) is 17.6. The molecule has 0 unspecified atom stereocenters. The molecule has 0 spiro atoms. The Balaban J connectivity index is 1.36. The Kier molecular flexibility index (Phi) is 5.72. The van der Waals surface area contributed by atoms with Gasteiger partial charge in [-0.05, 0) is 36.4 Å². The summed E-state index contributed by atoms with van der Waals surface area (Å²) in [6.07, 6.45) is 0. The quantitative estimate of drug-likeness (QED) is 0.462. The molecule has 0 atom stereocenters. The van der Waals surface area contributed by atoms with E-state index >= 15 is 0 Å². The van der Waals surface area contributed by atoms with Crippen LogP contribution in [0.3, 0.4) is 0 Å². The number of imidazole rings is 1. The Morgan fingerprint density at radius 1 is 1.00 bits per heavy atom. The highest BCUT2D eigenvalue weighted by atomic mass is 16.6. The minimum Gasteiger partial charge on any atom is -0.493 e. The molecular formula is C25H23N3O5. The standard InChI is InChI=1S/C25H23N3O5/c1-30-20-8-4-5-9-21(20)33-16-24-27-18-6-2-3-7-19(18)28(24)15-25(29)26-17-10-11-22-23(14-17)32-13-12-31-22/h2-11,14H,12-13,15-16H2,1H3,(H,26,29). The van der Waals surface area contributed by atoms with Crippen LogP contribution < -0.4 is 24.3 Å². The Hall–Kier alpha value is -4.20. The van der Waals surface area contributed by atoms with E-state index in [2.05, 4.69) is 10.3 Å². The van der Waals surface area contributed by atoms with Crippen LogP contribution in [0.4, 0.5) is 5.69 Å². The van der Waals surface area contributed by atoms with Gasteiger partial charge in [0.2, 0.25) is 5.91 Å². The molecule has 5 rings (SSSR count). The first-order valence-electron chi connectivity index (χ1n) is 10.6. The molecule has 8 heteroatoms. The maximum atomic E-state index is 12.9. The molecule has 0 fully saturated rings. The first-order valence-corrected chi connectivity index (χ1v) is 10.6. The van der Waals surface area contributed by atoms with Crippen molar-refractivity contribution in [3.8, 4) is 23.0 Å². The molecule has 2 heterocycles. The number of hydrogen-bond donors (Lipinski definition) is 1. The molecule has 0 bridgehead atoms. The summed E-state index contributed by atoms with van der Waals surface area (Å²) in [6, 6.07) is 20.5. The van der Waals surface area contributed by atoms with Gasteiger partial charge in [-0.1, -0.05) is 24.3 Å². The van der Waals surface area contributed by atoms with Crippen molar-refractivity contribution in [1.29, 1.82) is 0 Å². The molecule has 0 saturated carbocycles. The number of nitrogens with one attached hydrogen (secondary N) is 1. The second-order valence-electron chi connectivity index (χ2n) is 7.45. The number of aromatic nitrogens is 2. The zero-order valence-corrected chi connectivity index (χ0v) is 18.1. The van der Waals surface area contributed by atoms with Gasteiger partial charge in [0.1, 0.15) is 32.2 Å². The number of para-hydroxylation sites is 4. The normalized spacial score (nSPS) is 12.4. The number of hydrogen-bond acceptors (Lipinski definition) is 6. The van der Waals surface area contributed by atoms with Crippen LogP contribution in [0.25, 0.3) is 11.0 Å². The lowest BCUT2D eigenvalue weighted by molar-refractivity contribution is -0.116. The van der Waals surface area contributed by atoms with Gasteiger partial charge in [0, 0.05) is 11.8 Å². The highest BCUT2D eigenvalue weighted by Gasteiger charge is 2.17. The van der Waals surface area contributed by atoms with E-state index in [4.69, 9.17) is 18.9 Å². The predicted octanol–water partition coefficient (Wildman–Crippen LogP) is 4.03. The second-order valence-corrected chi connectivity index (χ2v) is 7.45. The summed E-state index contributed by atoms with van der Waals surface area (Å²) >= 11 is 0. The Labute approximate surface area is 190 Å². The van der Waals surface area contributed by atoms with Crippen LogP contribution in [0.5, 0.6) is 23.0 Å². The maximum Gasteiger partial charge on any atom is 0.244 e. The average Bonchev–Trinajstić information content (AvgIpc) is 3.20. The zero-order valence-electron chi connectivity index (χ0n) is 18.1. The fraction of sp³-hybridized carbons (Fsp3) is 0.200. The highest BCUT2D eigenvalue weighted by Crippen LogP contribution is 2.32. The summed E-state index contributed by atoms with van der Waals surface area (Å²) in [5.74, 6) is 3.00. The minimum absolute atomic E-state index is 0.0829. The van der Waals surface area contributed by atoms with E-state index < -0.39 is 0 Å². The Morgan fingerprint density at radius 3 is 2.61 bits per heavy atom. The number of anilines is 1. The monoisotopic (exact) mass is 445 g/mol. The first kappa shape index (κ1) is 20.7. The number of rotatable bonds is 7. The molecule has 0 aliphatic carbocycles. The third-order valence-corrected chi connectivity index (χ3v) is 5.29. The zero-order chi connectivity index (χ0) is 22.6. The largest absolute Gasteiger partial charge is 0.493 e. The molecule has 4 aromatic rings. The number of methoxy groups -OCH3 is 1. The van der Waals surface area contributed by atoms with E-state index in [9.17, 15) is 4.79 Å². The lowest BCUT2D eigenvalue weighted by Crippen LogP contribution is -2.21. The molecular weight excluding hydrogens is 422 g/mol. The summed E-state index contributed by atoms with van der Waals surface area (Å²) in [7, 11) is 1.60. The lowest BCUT2D eigenvalue weighted by Gasteiger charge is -2.19. The molecule has 8 nitrogen and oxygen atoms in total. The lowest BCUT2D eigenvalue weighted by atomic mass is 10.2. The van der Waals surface area contributed by atoms with Gasteiger partial charge in [0.05, 0.1) is 18.1 Å². The molecule has 3 aromatic carbocycles. The van der Waals surface area contributed by atoms with Gasteiger partial charge in [-0.25, -0.2) is 4.98 Å². The van der Waals surface area contributed by atoms with Gasteiger partial charge in [0.15, 0.2) is 23.0 Å². The van der Waals surface area contributed by atoms with E-state index in [1.54, 1.807) is 25.3 Å². The van der Waals surface area contributed by atoms with Gasteiger partial charge in [-0.15, -0.1) is 0 Å². The number of nitrogens with zero attached hydrogens (tertiary/aromatic N) is 2. The van der Waals surface area contributed by atoms with Gasteiger partial charge in [-0.2, -0.15) is 0 Å². The van der Waals surface area contributed by atoms with Gasteiger partial charge in [-0.3, -0.25) is 4.79 Å². The summed E-state index contributed by atoms with van der Waals surface area (Å²) in [5, 5.41) is 2.93. The fourth-order valence-corrected chi connectivity index (χ4v) is 3.76. The molecule has 1 amide bonds. The molecule has 33 heavy (non-hydrogen) atoms. The number of carbonyl (C=O) groups excluding carboxylic acids is 1. The van der Waals surface area contributed by atoms with Crippen molar-refractivity contribution >= 4 is 22.6 Å². The van der Waals surface area contributed by atoms with Crippen LogP contribution in [0.15, 0.2) is 66.7 Å². The molecule has 0 radical (unpaired) electrons. The van der Waals surface area contributed by atoms with E-state index in [0.717, 1.165) is 11.0 Å². The molecule has 0 saturated heterocycles. The van der Waals surface area contributed by atoms with Crippen LogP contribution in [-0.4, -0.2) is 35.8 Å². The van der Waals surface area contributed by atoms with Crippen LogP contribution in [0.1, 0.15) is 5.82 Å². The topological polar surface area (TPSA) is 83.8 Å². The van der Waals surface area contributed by atoms with Crippen LogP contribution in [-0.2, 0) is 17.9 Å². The Bertz CT molecular complexity index is 1300. The van der Waals surface area contributed by atoms with Gasteiger partial charge < -0.3 is 28.8 Å². The van der Waals surface area contributed by atoms with E-state index in [0.29, 0.717) is 47.7 Å². The van der Waals surface area contributed by atoms with Crippen molar-refractivity contribution in [2.75, 3.05) is 25.6 Å². The first-order chi connectivity index (χ1) is 16.2. The molecule has 168 valence electrons. The minimum atomic E-state index is -0.187. The Morgan fingerprint density at radius 2 is 1.76 bits per heavy atom. The second kappa shape index (κ2) is 9.12. The van der Waals surface area contributed by atoms with Crippen molar-refractivity contribution in [3.63, 3.8) is 0 Å². The number of fused-ring (bicyclic) bond motifs is 2. The third-order valence-electron chi connectivity index (χ3n) is 5.29. The fourth-order valence-electron chi connectivity index (χ4n) is 3.76. The van der Waals surface area contributed by atoms with E-state index in [1.807, 2.05) is 53.1 Å². The SMILES string of the molecule is COc1ccccc1OCc1nc2ccccc2n1CC(=O)Nc1ccc2c(c1)OCCO2. The molecule has 1 aliphatic heterocycles. The van der Waals surface area contributed by atoms with Gasteiger partial charge in [0.25, 0.3) is 0 Å². The van der Waals surface area contributed by atoms with Crippen molar-refractivity contribution in [1.82, 2.24) is 9.55 Å². The third kappa shape index (κ3) is 4.41. The van der Waals surface area contributed by atoms with Crippen LogP contribution in [0.2, 0.25) is 0 Å². The van der Waals surface area contributed by atoms with E-state index in [-0.39, 0.29) is 19.1 Å². The van der Waals surface area contributed by atoms with Crippen molar-refractivity contribution in [2.45, 2.75) is 13.2 Å². The van der Waals surface area contributed by atoms with Gasteiger partial charge >= 0.3 is 0 Å². The number of amides is 1. The molecule has 1 aromatic heterocycles. The van der Waals surface area contributed by atoms with Crippen LogP contribution >= 0.6 is 0 Å². The molecule has 1 N–H and O–H groups in total. The van der Waals surface area contributed by atoms with Crippen molar-refractivity contribution in [3.05, 3.63) is 72.6 Å². The summed E-state index contributed by atoms with van der Waals surface area (Å²) < 4.78 is 24.3. The van der Waals surface area contributed by atoms with Crippen molar-refractivity contribution < 1.29 is 23.7 Å². The van der Waals surface area contributed by atoms with Crippen molar-refractivity contribution in [2.24, 2.45) is 0 Å². The number of ether oxygens (including phenoxy) is 4. The highest BCUT2D eigenvalue weighted by molar-refractivity contribution is 5.92.